The summed E-state index contributed by atoms with van der Waals surface area (Å²) >= 11 is 3.32. The maximum Gasteiger partial charge on any atom is 0.343 e. The van der Waals surface area contributed by atoms with E-state index in [1.807, 2.05) is 5.32 Å². The molecule has 2 unspecified atom stereocenters. The fraction of sp³-hybridized carbons (Fsp3) is 0.312. The highest BCUT2D eigenvalue weighted by molar-refractivity contribution is 9.10. The smallest absolute Gasteiger partial charge is 0.343 e. The van der Waals surface area contributed by atoms with Gasteiger partial charge in [0.2, 0.25) is 0 Å². The second-order valence-corrected chi connectivity index (χ2v) is 6.32. The Bertz CT molecular complexity index is 841. The lowest BCUT2D eigenvalue weighted by Gasteiger charge is -2.23. The molecule has 11 nitrogen and oxygen atoms in total. The average molecular weight is 458 g/mol. The van der Waals surface area contributed by atoms with Crippen molar-refractivity contribution < 1.29 is 33.5 Å². The summed E-state index contributed by atoms with van der Waals surface area (Å²) in [5, 5.41) is 15.3. The number of rotatable bonds is 7. The zero-order valence-electron chi connectivity index (χ0n) is 14.8. The average Bonchev–Trinajstić information content (AvgIpc) is 2.64. The minimum absolute atomic E-state index is 0.269. The highest BCUT2D eigenvalue weighted by Crippen LogP contribution is 2.34. The second kappa shape index (κ2) is 9.17. The molecule has 2 atom stereocenters. The zero-order chi connectivity index (χ0) is 20.8. The maximum absolute atomic E-state index is 11.7. The fourth-order valence-electron chi connectivity index (χ4n) is 2.35. The van der Waals surface area contributed by atoms with Gasteiger partial charge < -0.3 is 19.5 Å². The number of methoxy groups -OCH3 is 2. The van der Waals surface area contributed by atoms with E-state index in [1.54, 1.807) is 12.1 Å². The predicted molar refractivity (Wildman–Crippen MR) is 98.5 cm³/mol. The minimum Gasteiger partial charge on any atom is -0.493 e. The number of imide groups is 1. The quantitative estimate of drug-likeness (QED) is 0.348. The van der Waals surface area contributed by atoms with Crippen molar-refractivity contribution >= 4 is 39.9 Å². The lowest BCUT2D eigenvalue weighted by atomic mass is 10.0. The Balaban J connectivity index is 2.26. The van der Waals surface area contributed by atoms with Crippen LogP contribution in [0.4, 0.5) is 4.79 Å². The monoisotopic (exact) mass is 457 g/mol. The minimum atomic E-state index is -1.66. The summed E-state index contributed by atoms with van der Waals surface area (Å²) in [7, 11) is 2.63. The molecule has 0 bridgehead atoms. The standard InChI is InChI=1S/C16H16BrN3O8/c1-26-11-5-8(9(17)6-12(11)28-7-13(21)27-2)3-4-10-14(20(24)25)15(22)19-16(23)18-10/h3-6,10,14H,7H2,1-2H3,(H2,18,19,22,23)/b4-3+. The van der Waals surface area contributed by atoms with E-state index >= 15 is 0 Å². The van der Waals surface area contributed by atoms with Crippen molar-refractivity contribution in [2.75, 3.05) is 20.8 Å². The number of amides is 3. The van der Waals surface area contributed by atoms with Crippen LogP contribution in [0.25, 0.3) is 6.08 Å². The molecule has 3 amide bonds. The molecule has 1 fully saturated rings. The summed E-state index contributed by atoms with van der Waals surface area (Å²) in [6.07, 6.45) is 2.81. The molecule has 1 heterocycles. The molecule has 0 radical (unpaired) electrons. The molecule has 0 saturated carbocycles. The Morgan fingerprint density at radius 1 is 1.32 bits per heavy atom. The van der Waals surface area contributed by atoms with Gasteiger partial charge >= 0.3 is 23.9 Å². The van der Waals surface area contributed by atoms with Crippen LogP contribution >= 0.6 is 15.9 Å². The third-order valence-corrected chi connectivity index (χ3v) is 4.40. The third-order valence-electron chi connectivity index (χ3n) is 3.71. The third kappa shape index (κ3) is 4.97. The van der Waals surface area contributed by atoms with E-state index in [0.29, 0.717) is 15.8 Å². The van der Waals surface area contributed by atoms with Crippen molar-refractivity contribution in [2.45, 2.75) is 12.1 Å². The van der Waals surface area contributed by atoms with Gasteiger partial charge in [-0.25, -0.2) is 9.59 Å². The van der Waals surface area contributed by atoms with Crippen LogP contribution in [0.2, 0.25) is 0 Å². The number of halogens is 1. The van der Waals surface area contributed by atoms with Crippen LogP contribution in [0.5, 0.6) is 11.5 Å². The van der Waals surface area contributed by atoms with Crippen molar-refractivity contribution in [3.63, 3.8) is 0 Å². The topological polar surface area (TPSA) is 146 Å². The molecule has 2 rings (SSSR count). The fourth-order valence-corrected chi connectivity index (χ4v) is 2.80. The molecular formula is C16H16BrN3O8. The highest BCUT2D eigenvalue weighted by Gasteiger charge is 2.43. The Morgan fingerprint density at radius 2 is 2.04 bits per heavy atom. The first-order valence-corrected chi connectivity index (χ1v) is 8.56. The van der Waals surface area contributed by atoms with Crippen LogP contribution in [0.3, 0.4) is 0 Å². The number of ether oxygens (including phenoxy) is 3. The number of benzene rings is 1. The molecule has 150 valence electrons. The molecule has 0 spiro atoms. The Labute approximate surface area is 167 Å². The number of hydrogen-bond acceptors (Lipinski definition) is 8. The van der Waals surface area contributed by atoms with Gasteiger partial charge in [-0.3, -0.25) is 20.2 Å². The summed E-state index contributed by atoms with van der Waals surface area (Å²) in [6.45, 7) is -0.317. The first-order valence-electron chi connectivity index (χ1n) is 7.77. The Hall–Kier alpha value is -3.15. The number of carbonyl (C=O) groups excluding carboxylic acids is 3. The van der Waals surface area contributed by atoms with Gasteiger partial charge in [0.1, 0.15) is 6.04 Å². The first kappa shape index (κ1) is 21.2. The largest absolute Gasteiger partial charge is 0.493 e. The van der Waals surface area contributed by atoms with Crippen molar-refractivity contribution in [1.82, 2.24) is 10.6 Å². The zero-order valence-corrected chi connectivity index (χ0v) is 16.3. The lowest BCUT2D eigenvalue weighted by molar-refractivity contribution is -0.510. The van der Waals surface area contributed by atoms with E-state index in [4.69, 9.17) is 9.47 Å². The van der Waals surface area contributed by atoms with Crippen molar-refractivity contribution in [3.8, 4) is 11.5 Å². The van der Waals surface area contributed by atoms with Crippen LogP contribution < -0.4 is 20.1 Å². The SMILES string of the molecule is COC(=O)COc1cc(Br)c(/C=C/C2NC(=O)NC(=O)C2[N+](=O)[O-])cc1OC. The molecule has 0 aromatic heterocycles. The van der Waals surface area contributed by atoms with Crippen molar-refractivity contribution in [2.24, 2.45) is 0 Å². The van der Waals surface area contributed by atoms with Gasteiger partial charge in [0.25, 0.3) is 0 Å². The van der Waals surface area contributed by atoms with E-state index < -0.39 is 34.9 Å². The summed E-state index contributed by atoms with van der Waals surface area (Å²) < 4.78 is 15.6. The van der Waals surface area contributed by atoms with E-state index in [-0.39, 0.29) is 12.4 Å². The van der Waals surface area contributed by atoms with Crippen LogP contribution in [0.15, 0.2) is 22.7 Å². The molecule has 1 saturated heterocycles. The maximum atomic E-state index is 11.7. The van der Waals surface area contributed by atoms with Crippen LogP contribution in [-0.4, -0.2) is 55.7 Å². The van der Waals surface area contributed by atoms with Gasteiger partial charge in [-0.2, -0.15) is 0 Å². The van der Waals surface area contributed by atoms with Crippen molar-refractivity contribution in [3.05, 3.63) is 38.4 Å². The van der Waals surface area contributed by atoms with Gasteiger partial charge in [0.05, 0.1) is 14.2 Å². The second-order valence-electron chi connectivity index (χ2n) is 5.47. The first-order chi connectivity index (χ1) is 13.3. The molecule has 1 aromatic rings. The van der Waals surface area contributed by atoms with E-state index in [0.717, 1.165) is 0 Å². The van der Waals surface area contributed by atoms with Crippen molar-refractivity contribution in [1.29, 1.82) is 0 Å². The molecule has 12 heteroatoms. The van der Waals surface area contributed by atoms with Gasteiger partial charge in [-0.05, 0) is 17.7 Å². The van der Waals surface area contributed by atoms with Crippen LogP contribution in [-0.2, 0) is 14.3 Å². The number of esters is 1. The number of nitro groups is 1. The van der Waals surface area contributed by atoms with Gasteiger partial charge in [-0.15, -0.1) is 0 Å². The molecule has 0 aliphatic carbocycles. The number of nitrogens with zero attached hydrogens (tertiary/aromatic N) is 1. The van der Waals surface area contributed by atoms with E-state index in [2.05, 4.69) is 26.0 Å². The molecule has 2 N–H and O–H groups in total. The lowest BCUT2D eigenvalue weighted by Crippen LogP contribution is -2.62. The summed E-state index contributed by atoms with van der Waals surface area (Å²) in [5.41, 5.74) is 0.532. The van der Waals surface area contributed by atoms with Crippen LogP contribution in [0.1, 0.15) is 5.56 Å². The Morgan fingerprint density at radius 3 is 2.64 bits per heavy atom. The molecule has 1 aliphatic rings. The number of hydrogen-bond donors (Lipinski definition) is 2. The van der Waals surface area contributed by atoms with Gasteiger partial charge in [-0.1, -0.05) is 28.1 Å². The Kier molecular flexibility index (Phi) is 6.93. The normalized spacial score (nSPS) is 19.0. The van der Waals surface area contributed by atoms with E-state index in [1.165, 1.54) is 26.4 Å². The predicted octanol–water partition coefficient (Wildman–Crippen LogP) is 0.876. The molecule has 1 aliphatic heterocycles. The number of urea groups is 1. The molecule has 28 heavy (non-hydrogen) atoms. The number of carbonyl (C=O) groups is 3. The highest BCUT2D eigenvalue weighted by atomic mass is 79.9. The molecule has 1 aromatic carbocycles. The summed E-state index contributed by atoms with van der Waals surface area (Å²) in [6, 6.07) is -0.514. The number of nitrogens with one attached hydrogen (secondary N) is 2. The van der Waals surface area contributed by atoms with Gasteiger partial charge in [0, 0.05) is 9.40 Å². The van der Waals surface area contributed by atoms with Gasteiger partial charge in [0.15, 0.2) is 18.1 Å². The van der Waals surface area contributed by atoms with E-state index in [9.17, 15) is 24.5 Å². The molecular weight excluding hydrogens is 442 g/mol. The summed E-state index contributed by atoms with van der Waals surface area (Å²) in [4.78, 5) is 44.7. The van der Waals surface area contributed by atoms with Crippen LogP contribution in [0, 0.1) is 10.1 Å². The summed E-state index contributed by atoms with van der Waals surface area (Å²) in [5.74, 6) is -1.00.